The molecule has 152 valence electrons. The van der Waals surface area contributed by atoms with Gasteiger partial charge in [-0.15, -0.1) is 11.3 Å². The third-order valence-corrected chi connectivity index (χ3v) is 5.19. The number of halogens is 4. The van der Waals surface area contributed by atoms with Crippen molar-refractivity contribution in [2.75, 3.05) is 12.4 Å². The van der Waals surface area contributed by atoms with E-state index in [2.05, 4.69) is 5.32 Å². The molecule has 1 N–H and O–H groups in total. The Bertz CT molecular complexity index is 1000. The van der Waals surface area contributed by atoms with E-state index in [0.717, 1.165) is 35.1 Å². The molecule has 3 aromatic rings. The number of methoxy groups -OCH3 is 1. The number of carbonyl (C=O) groups excluding carboxylic acids is 1. The molecule has 0 aliphatic rings. The fraction of sp³-hybridized carbons (Fsp3) is 0.150. The first kappa shape index (κ1) is 21.0. The Labute approximate surface area is 173 Å². The SMILES string of the molecule is COc1ccc(OCc2csc(C(=O)Nc3cc(C(F)(F)F)ccc3Cl)c2)cc1. The normalized spacial score (nSPS) is 11.2. The van der Waals surface area contributed by atoms with E-state index < -0.39 is 17.6 Å². The van der Waals surface area contributed by atoms with Crippen molar-refractivity contribution in [2.24, 2.45) is 0 Å². The van der Waals surface area contributed by atoms with Crippen molar-refractivity contribution in [2.45, 2.75) is 12.8 Å². The van der Waals surface area contributed by atoms with E-state index in [0.29, 0.717) is 16.4 Å². The van der Waals surface area contributed by atoms with Crippen LogP contribution in [0, 0.1) is 0 Å². The van der Waals surface area contributed by atoms with Gasteiger partial charge in [-0.2, -0.15) is 13.2 Å². The van der Waals surface area contributed by atoms with Crippen LogP contribution in [0.4, 0.5) is 18.9 Å². The molecule has 1 aromatic heterocycles. The minimum absolute atomic E-state index is 0.0194. The monoisotopic (exact) mass is 441 g/mol. The number of carbonyl (C=O) groups is 1. The number of rotatable bonds is 6. The van der Waals surface area contributed by atoms with E-state index in [-0.39, 0.29) is 17.3 Å². The van der Waals surface area contributed by atoms with E-state index in [4.69, 9.17) is 21.1 Å². The molecule has 1 heterocycles. The molecule has 0 saturated carbocycles. The second kappa shape index (κ2) is 8.75. The smallest absolute Gasteiger partial charge is 0.416 e. The van der Waals surface area contributed by atoms with E-state index in [1.54, 1.807) is 42.8 Å². The third kappa shape index (κ3) is 5.42. The first-order valence-corrected chi connectivity index (χ1v) is 9.54. The highest BCUT2D eigenvalue weighted by molar-refractivity contribution is 7.12. The maximum Gasteiger partial charge on any atom is 0.416 e. The number of nitrogens with one attached hydrogen (secondary N) is 1. The third-order valence-electron chi connectivity index (χ3n) is 3.88. The Hall–Kier alpha value is -2.71. The second-order valence-electron chi connectivity index (χ2n) is 5.93. The van der Waals surface area contributed by atoms with Crippen LogP contribution in [0.15, 0.2) is 53.9 Å². The van der Waals surface area contributed by atoms with Gasteiger partial charge in [-0.1, -0.05) is 11.6 Å². The number of thiophene rings is 1. The molecule has 0 aliphatic heterocycles. The van der Waals surface area contributed by atoms with E-state index in [1.165, 1.54) is 0 Å². The van der Waals surface area contributed by atoms with Crippen molar-refractivity contribution in [3.05, 3.63) is 74.9 Å². The summed E-state index contributed by atoms with van der Waals surface area (Å²) >= 11 is 7.07. The van der Waals surface area contributed by atoms with Crippen molar-refractivity contribution in [1.82, 2.24) is 0 Å². The Kier molecular flexibility index (Phi) is 6.34. The fourth-order valence-corrected chi connectivity index (χ4v) is 3.35. The summed E-state index contributed by atoms with van der Waals surface area (Å²) in [5, 5.41) is 4.19. The lowest BCUT2D eigenvalue weighted by molar-refractivity contribution is -0.137. The van der Waals surface area contributed by atoms with Crippen LogP contribution in [0.3, 0.4) is 0 Å². The summed E-state index contributed by atoms with van der Waals surface area (Å²) in [5.74, 6) is 0.797. The van der Waals surface area contributed by atoms with Crippen molar-refractivity contribution in [3.63, 3.8) is 0 Å². The summed E-state index contributed by atoms with van der Waals surface area (Å²) in [6.45, 7) is 0.237. The average molecular weight is 442 g/mol. The van der Waals surface area contributed by atoms with Crippen LogP contribution >= 0.6 is 22.9 Å². The number of amides is 1. The zero-order valence-electron chi connectivity index (χ0n) is 15.0. The molecule has 0 spiro atoms. The minimum Gasteiger partial charge on any atom is -0.497 e. The van der Waals surface area contributed by atoms with Crippen LogP contribution in [0.1, 0.15) is 20.8 Å². The number of hydrogen-bond donors (Lipinski definition) is 1. The quantitative estimate of drug-likeness (QED) is 0.491. The zero-order chi connectivity index (χ0) is 21.0. The minimum atomic E-state index is -4.53. The van der Waals surface area contributed by atoms with Gasteiger partial charge in [0.15, 0.2) is 0 Å². The molecule has 0 radical (unpaired) electrons. The standard InChI is InChI=1S/C20H15ClF3NO3S/c1-27-14-3-5-15(6-4-14)28-10-12-8-18(29-11-12)19(26)25-17-9-13(20(22,23)24)2-7-16(17)21/h2-9,11H,10H2,1H3,(H,25,26). The Balaban J connectivity index is 1.65. The first-order chi connectivity index (χ1) is 13.8. The van der Waals surface area contributed by atoms with Crippen LogP contribution in [0.2, 0.25) is 5.02 Å². The van der Waals surface area contributed by atoms with Crippen LogP contribution in [-0.2, 0) is 12.8 Å². The fourth-order valence-electron chi connectivity index (χ4n) is 2.39. The number of hydrogen-bond acceptors (Lipinski definition) is 4. The molecule has 29 heavy (non-hydrogen) atoms. The Morgan fingerprint density at radius 1 is 1.10 bits per heavy atom. The van der Waals surface area contributed by atoms with Gasteiger partial charge in [0.25, 0.3) is 5.91 Å². The molecule has 2 aromatic carbocycles. The van der Waals surface area contributed by atoms with Gasteiger partial charge in [-0.3, -0.25) is 4.79 Å². The molecule has 0 fully saturated rings. The average Bonchev–Trinajstić information content (AvgIpc) is 3.17. The summed E-state index contributed by atoms with van der Waals surface area (Å²) in [6, 6.07) is 11.4. The van der Waals surface area contributed by atoms with Gasteiger partial charge in [-0.25, -0.2) is 0 Å². The number of benzene rings is 2. The highest BCUT2D eigenvalue weighted by Crippen LogP contribution is 2.34. The lowest BCUT2D eigenvalue weighted by Crippen LogP contribution is -2.12. The van der Waals surface area contributed by atoms with E-state index in [9.17, 15) is 18.0 Å². The molecular weight excluding hydrogens is 427 g/mol. The van der Waals surface area contributed by atoms with Crippen molar-refractivity contribution >= 4 is 34.5 Å². The van der Waals surface area contributed by atoms with Gasteiger partial charge in [0.05, 0.1) is 28.3 Å². The summed E-state index contributed by atoms with van der Waals surface area (Å²) in [5.41, 5.74) is -0.237. The molecule has 0 saturated heterocycles. The second-order valence-corrected chi connectivity index (χ2v) is 7.25. The van der Waals surface area contributed by atoms with Crippen LogP contribution in [0.25, 0.3) is 0 Å². The lowest BCUT2D eigenvalue weighted by atomic mass is 10.2. The number of ether oxygens (including phenoxy) is 2. The van der Waals surface area contributed by atoms with Gasteiger partial charge in [0.1, 0.15) is 18.1 Å². The molecule has 3 rings (SSSR count). The van der Waals surface area contributed by atoms with Crippen molar-refractivity contribution < 1.29 is 27.4 Å². The summed E-state index contributed by atoms with van der Waals surface area (Å²) in [6.07, 6.45) is -4.53. The Morgan fingerprint density at radius 3 is 2.45 bits per heavy atom. The molecule has 0 bridgehead atoms. The van der Waals surface area contributed by atoms with Gasteiger partial charge in [0, 0.05) is 5.56 Å². The maximum atomic E-state index is 12.9. The largest absolute Gasteiger partial charge is 0.497 e. The maximum absolute atomic E-state index is 12.9. The first-order valence-electron chi connectivity index (χ1n) is 8.28. The highest BCUT2D eigenvalue weighted by atomic mass is 35.5. The Morgan fingerprint density at radius 2 is 1.79 bits per heavy atom. The summed E-state index contributed by atoms with van der Waals surface area (Å²) in [7, 11) is 1.57. The number of anilines is 1. The molecule has 0 atom stereocenters. The topological polar surface area (TPSA) is 47.6 Å². The van der Waals surface area contributed by atoms with Gasteiger partial charge in [-0.05, 0) is 53.9 Å². The van der Waals surface area contributed by atoms with E-state index >= 15 is 0 Å². The van der Waals surface area contributed by atoms with Gasteiger partial charge < -0.3 is 14.8 Å². The summed E-state index contributed by atoms with van der Waals surface area (Å²) in [4.78, 5) is 12.7. The van der Waals surface area contributed by atoms with E-state index in [1.807, 2.05) is 0 Å². The lowest BCUT2D eigenvalue weighted by Gasteiger charge is -2.11. The molecule has 1 amide bonds. The molecule has 0 aliphatic carbocycles. The van der Waals surface area contributed by atoms with Crippen molar-refractivity contribution in [3.8, 4) is 11.5 Å². The predicted octanol–water partition coefficient (Wildman–Crippen LogP) is 6.26. The highest BCUT2D eigenvalue weighted by Gasteiger charge is 2.31. The van der Waals surface area contributed by atoms with Crippen LogP contribution < -0.4 is 14.8 Å². The number of alkyl halides is 3. The molecular formula is C20H15ClF3NO3S. The zero-order valence-corrected chi connectivity index (χ0v) is 16.6. The molecule has 9 heteroatoms. The van der Waals surface area contributed by atoms with Crippen LogP contribution in [-0.4, -0.2) is 13.0 Å². The van der Waals surface area contributed by atoms with Gasteiger partial charge >= 0.3 is 6.18 Å². The molecule has 4 nitrogen and oxygen atoms in total. The predicted molar refractivity (Wildman–Crippen MR) is 106 cm³/mol. The van der Waals surface area contributed by atoms with Crippen LogP contribution in [0.5, 0.6) is 11.5 Å². The van der Waals surface area contributed by atoms with Gasteiger partial charge in [0.2, 0.25) is 0 Å². The summed E-state index contributed by atoms with van der Waals surface area (Å²) < 4.78 is 49.3. The van der Waals surface area contributed by atoms with Crippen molar-refractivity contribution in [1.29, 1.82) is 0 Å². The molecule has 0 unspecified atom stereocenters.